The fourth-order valence-corrected chi connectivity index (χ4v) is 1.31. The minimum atomic E-state index is -0.0314. The van der Waals surface area contributed by atoms with Crippen LogP contribution in [-0.2, 0) is 11.2 Å². The Morgan fingerprint density at radius 1 is 1.27 bits per heavy atom. The predicted octanol–water partition coefficient (Wildman–Crippen LogP) is 1.75. The second-order valence-corrected chi connectivity index (χ2v) is 3.93. The van der Waals surface area contributed by atoms with E-state index in [9.17, 15) is 4.79 Å². The van der Waals surface area contributed by atoms with E-state index in [2.05, 4.69) is 36.4 Å². The summed E-state index contributed by atoms with van der Waals surface area (Å²) in [6, 6.07) is 7.97. The molecule has 1 amide bonds. The Hall–Kier alpha value is -1.35. The summed E-state index contributed by atoms with van der Waals surface area (Å²) >= 11 is 0. The Balaban J connectivity index is 2.52. The lowest BCUT2D eigenvalue weighted by Gasteiger charge is -2.09. The van der Waals surface area contributed by atoms with Crippen LogP contribution in [0, 0.1) is 0 Å². The van der Waals surface area contributed by atoms with Crippen molar-refractivity contribution in [2.75, 3.05) is 26.0 Å². The maximum atomic E-state index is 10.8. The molecule has 15 heavy (non-hydrogen) atoms. The van der Waals surface area contributed by atoms with Gasteiger partial charge in [-0.25, -0.2) is 0 Å². The van der Waals surface area contributed by atoms with Gasteiger partial charge < -0.3 is 10.2 Å². The van der Waals surface area contributed by atoms with E-state index in [0.717, 1.165) is 18.7 Å². The first-order chi connectivity index (χ1) is 7.08. The fraction of sp³-hybridized carbons (Fsp3) is 0.417. The molecule has 0 aliphatic carbocycles. The Labute approximate surface area is 91.1 Å². The van der Waals surface area contributed by atoms with Crippen LogP contribution in [0.5, 0.6) is 0 Å². The van der Waals surface area contributed by atoms with Gasteiger partial charge in [0.2, 0.25) is 5.91 Å². The molecule has 1 aromatic carbocycles. The zero-order valence-corrected chi connectivity index (χ0v) is 9.58. The van der Waals surface area contributed by atoms with Crippen molar-refractivity contribution in [3.63, 3.8) is 0 Å². The van der Waals surface area contributed by atoms with Crippen LogP contribution >= 0.6 is 0 Å². The quantitative estimate of drug-likeness (QED) is 0.814. The van der Waals surface area contributed by atoms with E-state index < -0.39 is 0 Å². The molecule has 0 bridgehead atoms. The van der Waals surface area contributed by atoms with Crippen LogP contribution in [0.4, 0.5) is 5.69 Å². The van der Waals surface area contributed by atoms with Gasteiger partial charge in [0.15, 0.2) is 0 Å². The first kappa shape index (κ1) is 11.7. The molecule has 0 aliphatic rings. The minimum absolute atomic E-state index is 0.0314. The average Bonchev–Trinajstić information content (AvgIpc) is 2.16. The van der Waals surface area contributed by atoms with Crippen LogP contribution in [0.1, 0.15) is 12.5 Å². The third-order valence-corrected chi connectivity index (χ3v) is 2.12. The Morgan fingerprint density at radius 2 is 1.87 bits per heavy atom. The summed E-state index contributed by atoms with van der Waals surface area (Å²) in [6.07, 6.45) is 1.04. The molecule has 1 rings (SSSR count). The van der Waals surface area contributed by atoms with Gasteiger partial charge in [-0.15, -0.1) is 0 Å². The topological polar surface area (TPSA) is 32.3 Å². The average molecular weight is 206 g/mol. The second-order valence-electron chi connectivity index (χ2n) is 3.93. The summed E-state index contributed by atoms with van der Waals surface area (Å²) in [5, 5.41) is 2.75. The maximum absolute atomic E-state index is 10.8. The molecular formula is C12H18N2O. The molecule has 0 unspecified atom stereocenters. The van der Waals surface area contributed by atoms with Crippen molar-refractivity contribution in [3.05, 3.63) is 29.8 Å². The van der Waals surface area contributed by atoms with Crippen LogP contribution in [0.15, 0.2) is 24.3 Å². The normalized spacial score (nSPS) is 10.4. The smallest absolute Gasteiger partial charge is 0.221 e. The Kier molecular flexibility index (Phi) is 4.31. The summed E-state index contributed by atoms with van der Waals surface area (Å²) in [4.78, 5) is 12.9. The van der Waals surface area contributed by atoms with Gasteiger partial charge in [-0.05, 0) is 38.2 Å². The highest BCUT2D eigenvalue weighted by molar-refractivity contribution is 5.88. The minimum Gasteiger partial charge on any atom is -0.326 e. The van der Waals surface area contributed by atoms with E-state index in [0.29, 0.717) is 0 Å². The number of anilines is 1. The van der Waals surface area contributed by atoms with Gasteiger partial charge >= 0.3 is 0 Å². The van der Waals surface area contributed by atoms with Crippen LogP contribution in [0.3, 0.4) is 0 Å². The van der Waals surface area contributed by atoms with Gasteiger partial charge in [0.25, 0.3) is 0 Å². The molecule has 0 radical (unpaired) electrons. The van der Waals surface area contributed by atoms with Gasteiger partial charge in [0, 0.05) is 19.2 Å². The molecule has 1 N–H and O–H groups in total. The number of nitrogens with zero attached hydrogens (tertiary/aromatic N) is 1. The molecule has 0 atom stereocenters. The third-order valence-electron chi connectivity index (χ3n) is 2.12. The van der Waals surface area contributed by atoms with E-state index in [-0.39, 0.29) is 5.91 Å². The van der Waals surface area contributed by atoms with Crippen molar-refractivity contribution in [2.24, 2.45) is 0 Å². The number of benzene rings is 1. The summed E-state index contributed by atoms with van der Waals surface area (Å²) < 4.78 is 0. The molecule has 0 aliphatic heterocycles. The van der Waals surface area contributed by atoms with Crippen molar-refractivity contribution in [3.8, 4) is 0 Å². The largest absolute Gasteiger partial charge is 0.326 e. The maximum Gasteiger partial charge on any atom is 0.221 e. The molecule has 0 saturated carbocycles. The molecule has 3 heteroatoms. The van der Waals surface area contributed by atoms with Gasteiger partial charge in [-0.1, -0.05) is 12.1 Å². The molecule has 0 aromatic heterocycles. The summed E-state index contributed by atoms with van der Waals surface area (Å²) in [5.74, 6) is -0.0314. The first-order valence-electron chi connectivity index (χ1n) is 5.09. The molecule has 1 aromatic rings. The molecule has 0 spiro atoms. The number of rotatable bonds is 4. The molecule has 0 saturated heterocycles. The van der Waals surface area contributed by atoms with Crippen LogP contribution in [0.25, 0.3) is 0 Å². The lowest BCUT2D eigenvalue weighted by atomic mass is 10.1. The van der Waals surface area contributed by atoms with E-state index in [1.165, 1.54) is 12.5 Å². The van der Waals surface area contributed by atoms with E-state index >= 15 is 0 Å². The van der Waals surface area contributed by atoms with E-state index in [1.807, 2.05) is 12.1 Å². The van der Waals surface area contributed by atoms with Crippen molar-refractivity contribution in [1.82, 2.24) is 4.90 Å². The van der Waals surface area contributed by atoms with Crippen LogP contribution in [-0.4, -0.2) is 31.4 Å². The highest BCUT2D eigenvalue weighted by Crippen LogP contribution is 2.09. The molecule has 0 fully saturated rings. The van der Waals surface area contributed by atoms with E-state index in [4.69, 9.17) is 0 Å². The lowest BCUT2D eigenvalue weighted by Crippen LogP contribution is -2.15. The van der Waals surface area contributed by atoms with Crippen LogP contribution < -0.4 is 5.32 Å². The third kappa shape index (κ3) is 4.61. The molecule has 0 heterocycles. The van der Waals surface area contributed by atoms with Gasteiger partial charge in [-0.3, -0.25) is 4.79 Å². The fourth-order valence-electron chi connectivity index (χ4n) is 1.31. The van der Waals surface area contributed by atoms with Crippen molar-refractivity contribution in [1.29, 1.82) is 0 Å². The van der Waals surface area contributed by atoms with Gasteiger partial charge in [-0.2, -0.15) is 0 Å². The number of carbonyl (C=O) groups is 1. The number of hydrogen-bond donors (Lipinski definition) is 1. The predicted molar refractivity (Wildman–Crippen MR) is 63.0 cm³/mol. The van der Waals surface area contributed by atoms with Crippen molar-refractivity contribution < 1.29 is 4.79 Å². The number of likely N-dealkylation sites (N-methyl/N-ethyl adjacent to an activating group) is 1. The number of hydrogen-bond acceptors (Lipinski definition) is 2. The standard InChI is InChI=1S/C12H18N2O/c1-10(15)13-12-6-4-11(5-7-12)8-9-14(2)3/h4-7H,8-9H2,1-3H3,(H,13,15). The Morgan fingerprint density at radius 3 is 2.33 bits per heavy atom. The summed E-state index contributed by atoms with van der Waals surface area (Å²) in [7, 11) is 4.12. The molecule has 82 valence electrons. The summed E-state index contributed by atoms with van der Waals surface area (Å²) in [5.41, 5.74) is 2.15. The highest BCUT2D eigenvalue weighted by Gasteiger charge is 1.97. The van der Waals surface area contributed by atoms with Crippen molar-refractivity contribution >= 4 is 11.6 Å². The number of nitrogens with one attached hydrogen (secondary N) is 1. The second kappa shape index (κ2) is 5.51. The summed E-state index contributed by atoms with van der Waals surface area (Å²) in [6.45, 7) is 2.55. The Bertz CT molecular complexity index is 317. The van der Waals surface area contributed by atoms with Gasteiger partial charge in [0.05, 0.1) is 0 Å². The number of carbonyl (C=O) groups excluding carboxylic acids is 1. The SMILES string of the molecule is CC(=O)Nc1ccc(CCN(C)C)cc1. The van der Waals surface area contributed by atoms with Gasteiger partial charge in [0.1, 0.15) is 0 Å². The van der Waals surface area contributed by atoms with E-state index in [1.54, 1.807) is 0 Å². The first-order valence-corrected chi connectivity index (χ1v) is 5.09. The zero-order valence-electron chi connectivity index (χ0n) is 9.58. The molecule has 3 nitrogen and oxygen atoms in total. The van der Waals surface area contributed by atoms with Crippen molar-refractivity contribution in [2.45, 2.75) is 13.3 Å². The number of amides is 1. The van der Waals surface area contributed by atoms with Crippen LogP contribution in [0.2, 0.25) is 0 Å². The lowest BCUT2D eigenvalue weighted by molar-refractivity contribution is -0.114. The monoisotopic (exact) mass is 206 g/mol. The zero-order chi connectivity index (χ0) is 11.3. The molecular weight excluding hydrogens is 188 g/mol. The highest BCUT2D eigenvalue weighted by atomic mass is 16.1.